The van der Waals surface area contributed by atoms with Crippen molar-refractivity contribution in [2.45, 2.75) is 47.0 Å². The molecule has 0 heterocycles. The fourth-order valence-electron chi connectivity index (χ4n) is 1.61. The molecule has 4 unspecified atom stereocenters. The van der Waals surface area contributed by atoms with E-state index < -0.39 is 48.6 Å². The number of rotatable bonds is 12. The molecule has 12 heteroatoms. The molecule has 0 aliphatic heterocycles. The molecule has 0 fully saturated rings. The molecule has 0 amide bonds. The highest BCUT2D eigenvalue weighted by Crippen LogP contribution is 2.24. The summed E-state index contributed by atoms with van der Waals surface area (Å²) in [6.07, 6.45) is 0. The van der Waals surface area contributed by atoms with Crippen molar-refractivity contribution in [1.29, 1.82) is 0 Å². The van der Waals surface area contributed by atoms with Gasteiger partial charge in [-0.15, -0.1) is 0 Å². The van der Waals surface area contributed by atoms with E-state index in [0.29, 0.717) is 0 Å². The Bertz CT molecular complexity index is 476. The molecule has 29 heavy (non-hydrogen) atoms. The van der Waals surface area contributed by atoms with Crippen LogP contribution in [0.3, 0.4) is 0 Å². The van der Waals surface area contributed by atoms with Gasteiger partial charge in [0.15, 0.2) is 0 Å². The van der Waals surface area contributed by atoms with Crippen molar-refractivity contribution in [2.75, 3.05) is 26.4 Å². The number of carbonyl (C=O) groups excluding carboxylic acids is 4. The predicted molar refractivity (Wildman–Crippen MR) is 120 cm³/mol. The number of ether oxygens (including phenoxy) is 4. The summed E-state index contributed by atoms with van der Waals surface area (Å²) < 4.78 is 21.0. The summed E-state index contributed by atoms with van der Waals surface area (Å²) in [4.78, 5) is 45.3. The maximum absolute atomic E-state index is 11.9. The second-order valence-corrected chi connectivity index (χ2v) is 11.9. The van der Waals surface area contributed by atoms with Crippen LogP contribution in [-0.4, -0.2) is 69.6 Å². The summed E-state index contributed by atoms with van der Waals surface area (Å²) in [5.41, 5.74) is -1.29. The number of hydrogen-bond donors (Lipinski definition) is 0. The zero-order chi connectivity index (χ0) is 22.8. The summed E-state index contributed by atoms with van der Waals surface area (Å²) in [7, 11) is 0. The summed E-state index contributed by atoms with van der Waals surface area (Å²) in [6.45, 7) is 5.09. The zero-order valence-corrected chi connectivity index (χ0v) is 22.8. The molecule has 0 aliphatic carbocycles. The van der Waals surface area contributed by atoms with Gasteiger partial charge in [0, 0.05) is 0 Å². The largest absolute Gasteiger partial charge is 0.464 e. The van der Waals surface area contributed by atoms with E-state index in [1.54, 1.807) is 27.7 Å². The number of esters is 4. The minimum atomic E-state index is -1.29. The molecule has 0 aliphatic rings. The van der Waals surface area contributed by atoms with Crippen molar-refractivity contribution >= 4 is 87.6 Å². The van der Waals surface area contributed by atoms with Crippen LogP contribution in [0, 0.1) is 5.41 Å². The third-order valence-corrected chi connectivity index (χ3v) is 4.88. The second-order valence-electron chi connectivity index (χ2n) is 6.39. The zero-order valence-electron chi connectivity index (χ0n) is 16.4. The third kappa shape index (κ3) is 11.7. The molecule has 0 aromatic heterocycles. The lowest BCUT2D eigenvalue weighted by molar-refractivity contribution is -0.169. The van der Waals surface area contributed by atoms with Gasteiger partial charge in [0.25, 0.3) is 0 Å². The van der Waals surface area contributed by atoms with E-state index in [1.807, 2.05) is 0 Å². The normalized spacial score (nSPS) is 17.1. The minimum Gasteiger partial charge on any atom is -0.464 e. The predicted octanol–water partition coefficient (Wildman–Crippen LogP) is 3.28. The molecular weight excluding hydrogens is 652 g/mol. The number of hydrogen-bond acceptors (Lipinski definition) is 8. The van der Waals surface area contributed by atoms with E-state index in [1.165, 1.54) is 0 Å². The number of halogens is 4. The first-order valence-corrected chi connectivity index (χ1v) is 12.2. The molecule has 0 rings (SSSR count). The van der Waals surface area contributed by atoms with Crippen LogP contribution in [0.15, 0.2) is 0 Å². The Labute approximate surface area is 203 Å². The van der Waals surface area contributed by atoms with Gasteiger partial charge in [-0.25, -0.2) is 0 Å². The molecule has 0 saturated heterocycles. The molecule has 0 bridgehead atoms. The van der Waals surface area contributed by atoms with Crippen LogP contribution in [0.5, 0.6) is 0 Å². The van der Waals surface area contributed by atoms with Crippen molar-refractivity contribution in [3.05, 3.63) is 0 Å². The minimum absolute atomic E-state index is 0.306. The molecular formula is C17H24Br4O8. The van der Waals surface area contributed by atoms with Crippen molar-refractivity contribution in [3.8, 4) is 0 Å². The van der Waals surface area contributed by atoms with Gasteiger partial charge >= 0.3 is 23.9 Å². The smallest absolute Gasteiger partial charge is 0.319 e. The van der Waals surface area contributed by atoms with Gasteiger partial charge in [-0.05, 0) is 27.7 Å². The van der Waals surface area contributed by atoms with Crippen LogP contribution in [0.4, 0.5) is 0 Å². The lowest BCUT2D eigenvalue weighted by Crippen LogP contribution is -2.45. The Morgan fingerprint density at radius 2 is 0.724 bits per heavy atom. The maximum atomic E-state index is 11.9. The molecule has 8 nitrogen and oxygen atoms in total. The molecule has 0 aromatic carbocycles. The van der Waals surface area contributed by atoms with Gasteiger partial charge in [0.05, 0.1) is 0 Å². The Balaban J connectivity index is 5.58. The first-order chi connectivity index (χ1) is 13.3. The lowest BCUT2D eigenvalue weighted by atomic mass is 9.92. The van der Waals surface area contributed by atoms with E-state index in [9.17, 15) is 19.2 Å². The van der Waals surface area contributed by atoms with Gasteiger partial charge in [-0.3, -0.25) is 19.2 Å². The van der Waals surface area contributed by atoms with Crippen LogP contribution in [0.25, 0.3) is 0 Å². The van der Waals surface area contributed by atoms with Crippen LogP contribution in [0.2, 0.25) is 0 Å². The average molecular weight is 676 g/mol. The Morgan fingerprint density at radius 3 is 0.862 bits per heavy atom. The molecule has 0 saturated carbocycles. The van der Waals surface area contributed by atoms with E-state index in [0.717, 1.165) is 0 Å². The summed E-state index contributed by atoms with van der Waals surface area (Å²) in [6, 6.07) is 0. The van der Waals surface area contributed by atoms with Crippen LogP contribution < -0.4 is 0 Å². The first-order valence-electron chi connectivity index (χ1n) is 8.54. The Hall–Kier alpha value is -0.200. The SMILES string of the molecule is CC(Br)C(=O)OCC(COC(=O)C(C)Br)(COC(=O)C(C)Br)COC(=O)C(C)Br. The highest BCUT2D eigenvalue weighted by molar-refractivity contribution is 9.10. The first kappa shape index (κ1) is 28.8. The van der Waals surface area contributed by atoms with Crippen molar-refractivity contribution < 1.29 is 38.1 Å². The van der Waals surface area contributed by atoms with E-state index in [-0.39, 0.29) is 26.4 Å². The van der Waals surface area contributed by atoms with E-state index >= 15 is 0 Å². The second kappa shape index (κ2) is 14.0. The van der Waals surface area contributed by atoms with Crippen LogP contribution >= 0.6 is 63.7 Å². The van der Waals surface area contributed by atoms with E-state index in [4.69, 9.17) is 18.9 Å². The molecule has 168 valence electrons. The molecule has 0 N–H and O–H groups in total. The van der Waals surface area contributed by atoms with Gasteiger partial charge in [-0.1, -0.05) is 63.7 Å². The maximum Gasteiger partial charge on any atom is 0.319 e. The quantitative estimate of drug-likeness (QED) is 0.177. The van der Waals surface area contributed by atoms with Crippen molar-refractivity contribution in [1.82, 2.24) is 0 Å². The summed E-state index contributed by atoms with van der Waals surface area (Å²) in [5.74, 6) is -2.30. The third-order valence-electron chi connectivity index (χ3n) is 3.38. The highest BCUT2D eigenvalue weighted by atomic mass is 79.9. The molecule has 0 radical (unpaired) electrons. The van der Waals surface area contributed by atoms with Crippen molar-refractivity contribution in [2.24, 2.45) is 5.41 Å². The molecule has 0 aromatic rings. The fraction of sp³-hybridized carbons (Fsp3) is 0.765. The summed E-state index contributed by atoms with van der Waals surface area (Å²) in [5, 5.41) is 0. The van der Waals surface area contributed by atoms with Gasteiger partial charge in [-0.2, -0.15) is 0 Å². The molecule has 0 spiro atoms. The lowest BCUT2D eigenvalue weighted by Gasteiger charge is -2.32. The Kier molecular flexibility index (Phi) is 13.9. The van der Waals surface area contributed by atoms with Gasteiger partial charge < -0.3 is 18.9 Å². The van der Waals surface area contributed by atoms with Crippen LogP contribution in [0.1, 0.15) is 27.7 Å². The van der Waals surface area contributed by atoms with Crippen molar-refractivity contribution in [3.63, 3.8) is 0 Å². The standard InChI is InChI=1S/C17H24Br4O8/c1-9(18)13(22)26-5-17(6-27-14(23)10(2)19,7-28-15(24)11(3)20)8-29-16(25)12(4)21/h9-12H,5-8H2,1-4H3. The summed E-state index contributed by atoms with van der Waals surface area (Å²) >= 11 is 12.4. The number of carbonyl (C=O) groups is 4. The topological polar surface area (TPSA) is 105 Å². The fourth-order valence-corrected chi connectivity index (χ4v) is 2.13. The van der Waals surface area contributed by atoms with Gasteiger partial charge in [0.2, 0.25) is 0 Å². The monoisotopic (exact) mass is 672 g/mol. The highest BCUT2D eigenvalue weighted by Gasteiger charge is 2.39. The number of alkyl halides is 4. The Morgan fingerprint density at radius 1 is 0.552 bits per heavy atom. The molecule has 4 atom stereocenters. The van der Waals surface area contributed by atoms with Gasteiger partial charge in [0.1, 0.15) is 51.2 Å². The average Bonchev–Trinajstić information content (AvgIpc) is 2.64. The van der Waals surface area contributed by atoms with E-state index in [2.05, 4.69) is 63.7 Å². The van der Waals surface area contributed by atoms with Crippen LogP contribution in [-0.2, 0) is 38.1 Å².